The smallest absolute Gasteiger partial charge is 0.342 e. The third kappa shape index (κ3) is 2.69. The molecule has 0 atom stereocenters. The van der Waals surface area contributed by atoms with E-state index < -0.39 is 10.9 Å². The van der Waals surface area contributed by atoms with Crippen molar-refractivity contribution in [3.63, 3.8) is 0 Å². The number of carbonyl (C=O) groups is 1. The van der Waals surface area contributed by atoms with Gasteiger partial charge in [0.05, 0.1) is 9.13 Å². The molecule has 0 radical (unpaired) electrons. The van der Waals surface area contributed by atoms with Crippen LogP contribution < -0.4 is 0 Å². The molecule has 0 amide bonds. The molecule has 0 saturated heterocycles. The fourth-order valence-electron chi connectivity index (χ4n) is 1.34. The van der Waals surface area contributed by atoms with E-state index in [0.717, 1.165) is 4.21 Å². The molecule has 0 unspecified atom stereocenters. The highest BCUT2D eigenvalue weighted by atomic mass is 32.2. The number of aromatic carboxylic acids is 1. The molecular weight excluding hydrogens is 274 g/mol. The van der Waals surface area contributed by atoms with Gasteiger partial charge in [-0.05, 0) is 23.6 Å². The first kappa shape index (κ1) is 12.6. The Morgan fingerprint density at radius 2 is 2.17 bits per heavy atom. The zero-order chi connectivity index (χ0) is 13.1. The lowest BCUT2D eigenvalue weighted by molar-refractivity contribution is -0.385. The van der Waals surface area contributed by atoms with E-state index in [1.807, 2.05) is 17.5 Å². The first-order chi connectivity index (χ1) is 8.58. The van der Waals surface area contributed by atoms with Crippen LogP contribution in [0.3, 0.4) is 0 Å². The van der Waals surface area contributed by atoms with Crippen molar-refractivity contribution in [2.75, 3.05) is 0 Å². The summed E-state index contributed by atoms with van der Waals surface area (Å²) in [6.45, 7) is 0. The second-order valence-corrected chi connectivity index (χ2v) is 5.60. The predicted octanol–water partition coefficient (Wildman–Crippen LogP) is 3.51. The molecule has 0 fully saturated rings. The van der Waals surface area contributed by atoms with Crippen molar-refractivity contribution in [1.29, 1.82) is 0 Å². The number of nitro benzene ring substituents is 1. The highest BCUT2D eigenvalue weighted by Crippen LogP contribution is 2.34. The quantitative estimate of drug-likeness (QED) is 0.685. The van der Waals surface area contributed by atoms with Crippen molar-refractivity contribution in [2.24, 2.45) is 0 Å². The topological polar surface area (TPSA) is 80.4 Å². The number of carboxylic acids is 1. The van der Waals surface area contributed by atoms with Crippen LogP contribution in [-0.4, -0.2) is 16.0 Å². The van der Waals surface area contributed by atoms with Gasteiger partial charge >= 0.3 is 5.97 Å². The summed E-state index contributed by atoms with van der Waals surface area (Å²) >= 11 is 2.89. The number of hydrogen-bond donors (Lipinski definition) is 1. The summed E-state index contributed by atoms with van der Waals surface area (Å²) in [7, 11) is 0. The van der Waals surface area contributed by atoms with Crippen molar-refractivity contribution < 1.29 is 14.8 Å². The monoisotopic (exact) mass is 281 g/mol. The lowest BCUT2D eigenvalue weighted by Gasteiger charge is -2.01. The molecule has 1 heterocycles. The maximum atomic E-state index is 10.8. The predicted molar refractivity (Wildman–Crippen MR) is 68.5 cm³/mol. The second-order valence-electron chi connectivity index (χ2n) is 3.28. The van der Waals surface area contributed by atoms with Gasteiger partial charge < -0.3 is 5.11 Å². The van der Waals surface area contributed by atoms with E-state index in [4.69, 9.17) is 5.11 Å². The van der Waals surface area contributed by atoms with Crippen LogP contribution in [0.5, 0.6) is 0 Å². The lowest BCUT2D eigenvalue weighted by Crippen LogP contribution is -2.02. The zero-order valence-corrected chi connectivity index (χ0v) is 10.5. The number of thiophene rings is 1. The summed E-state index contributed by atoms with van der Waals surface area (Å²) in [5, 5.41) is 21.6. The molecule has 1 aromatic carbocycles. The van der Waals surface area contributed by atoms with Gasteiger partial charge in [0.25, 0.3) is 5.69 Å². The second kappa shape index (κ2) is 5.19. The van der Waals surface area contributed by atoms with Crippen LogP contribution in [0.4, 0.5) is 5.69 Å². The molecule has 0 saturated carbocycles. The molecule has 2 rings (SSSR count). The molecule has 1 N–H and O–H groups in total. The van der Waals surface area contributed by atoms with E-state index in [2.05, 4.69) is 0 Å². The van der Waals surface area contributed by atoms with Gasteiger partial charge in [0.15, 0.2) is 0 Å². The van der Waals surface area contributed by atoms with Crippen LogP contribution in [-0.2, 0) is 0 Å². The summed E-state index contributed by atoms with van der Waals surface area (Å²) in [6.07, 6.45) is 0. The van der Waals surface area contributed by atoms with Crippen LogP contribution in [0.1, 0.15) is 10.4 Å². The summed E-state index contributed by atoms with van der Waals surface area (Å²) in [5.74, 6) is -1.30. The molecule has 7 heteroatoms. The Balaban J connectivity index is 2.37. The van der Waals surface area contributed by atoms with Crippen molar-refractivity contribution in [3.8, 4) is 0 Å². The fraction of sp³-hybridized carbons (Fsp3) is 0. The van der Waals surface area contributed by atoms with E-state index in [9.17, 15) is 14.9 Å². The molecule has 0 spiro atoms. The number of nitro groups is 1. The van der Waals surface area contributed by atoms with Crippen molar-refractivity contribution in [2.45, 2.75) is 9.10 Å². The minimum Gasteiger partial charge on any atom is -0.477 e. The minimum absolute atomic E-state index is 0.296. The average Bonchev–Trinajstić information content (AvgIpc) is 2.81. The summed E-state index contributed by atoms with van der Waals surface area (Å²) in [5.41, 5.74) is -0.681. The van der Waals surface area contributed by atoms with Crippen LogP contribution >= 0.6 is 23.1 Å². The SMILES string of the molecule is O=C(O)c1ccc(Sc2cccs2)cc1[N+](=O)[O-]. The highest BCUT2D eigenvalue weighted by molar-refractivity contribution is 8.01. The maximum absolute atomic E-state index is 10.8. The molecule has 92 valence electrons. The Morgan fingerprint density at radius 3 is 2.72 bits per heavy atom. The van der Waals surface area contributed by atoms with Gasteiger partial charge in [-0.3, -0.25) is 10.1 Å². The molecule has 0 aliphatic heterocycles. The normalized spacial score (nSPS) is 10.2. The highest BCUT2D eigenvalue weighted by Gasteiger charge is 2.20. The summed E-state index contributed by atoms with van der Waals surface area (Å²) in [6, 6.07) is 7.89. The molecular formula is C11H7NO4S2. The number of nitrogens with zero attached hydrogens (tertiary/aromatic N) is 1. The standard InChI is InChI=1S/C11H7NO4S2/c13-11(14)8-4-3-7(6-9(8)12(15)16)18-10-2-1-5-17-10/h1-6H,(H,13,14). The number of carboxylic acid groups (broad SMARTS) is 1. The van der Waals surface area contributed by atoms with E-state index in [0.29, 0.717) is 4.90 Å². The zero-order valence-electron chi connectivity index (χ0n) is 8.90. The third-order valence-corrected chi connectivity index (χ3v) is 4.14. The molecule has 18 heavy (non-hydrogen) atoms. The van der Waals surface area contributed by atoms with Crippen molar-refractivity contribution in [1.82, 2.24) is 0 Å². The van der Waals surface area contributed by atoms with Crippen molar-refractivity contribution >= 4 is 34.8 Å². The van der Waals surface area contributed by atoms with E-state index >= 15 is 0 Å². The number of rotatable bonds is 4. The van der Waals surface area contributed by atoms with Gasteiger partial charge in [0.2, 0.25) is 0 Å². The molecule has 5 nitrogen and oxygen atoms in total. The number of benzene rings is 1. The van der Waals surface area contributed by atoms with E-state index in [1.54, 1.807) is 6.07 Å². The van der Waals surface area contributed by atoms with Gasteiger partial charge in [0, 0.05) is 11.0 Å². The minimum atomic E-state index is -1.30. The van der Waals surface area contributed by atoms with Gasteiger partial charge in [-0.2, -0.15) is 0 Å². The maximum Gasteiger partial charge on any atom is 0.342 e. The largest absolute Gasteiger partial charge is 0.477 e. The Morgan fingerprint density at radius 1 is 1.39 bits per heavy atom. The van der Waals surface area contributed by atoms with E-state index in [-0.39, 0.29) is 11.3 Å². The Bertz CT molecular complexity index is 595. The molecule has 2 aromatic rings. The van der Waals surface area contributed by atoms with Crippen LogP contribution in [0.25, 0.3) is 0 Å². The number of hydrogen-bond acceptors (Lipinski definition) is 5. The summed E-state index contributed by atoms with van der Waals surface area (Å²) in [4.78, 5) is 21.6. The average molecular weight is 281 g/mol. The van der Waals surface area contributed by atoms with Crippen LogP contribution in [0, 0.1) is 10.1 Å². The molecule has 0 bridgehead atoms. The first-order valence-electron chi connectivity index (χ1n) is 4.81. The lowest BCUT2D eigenvalue weighted by atomic mass is 10.2. The first-order valence-corrected chi connectivity index (χ1v) is 6.50. The Kier molecular flexibility index (Phi) is 3.63. The molecule has 0 aliphatic carbocycles. The Labute approximate surface area is 110 Å². The molecule has 1 aromatic heterocycles. The van der Waals surface area contributed by atoms with Gasteiger partial charge in [-0.1, -0.05) is 17.8 Å². The molecule has 0 aliphatic rings. The van der Waals surface area contributed by atoms with Crippen LogP contribution in [0.2, 0.25) is 0 Å². The van der Waals surface area contributed by atoms with Gasteiger partial charge in [0.1, 0.15) is 5.56 Å². The Hall–Kier alpha value is -1.86. The van der Waals surface area contributed by atoms with Crippen molar-refractivity contribution in [3.05, 3.63) is 51.4 Å². The third-order valence-electron chi connectivity index (χ3n) is 2.11. The fourth-order valence-corrected chi connectivity index (χ4v) is 3.13. The van der Waals surface area contributed by atoms with Crippen LogP contribution in [0.15, 0.2) is 44.8 Å². The van der Waals surface area contributed by atoms with Gasteiger partial charge in [-0.15, -0.1) is 11.3 Å². The van der Waals surface area contributed by atoms with E-state index in [1.165, 1.54) is 35.2 Å². The summed E-state index contributed by atoms with van der Waals surface area (Å²) < 4.78 is 0.993. The van der Waals surface area contributed by atoms with Gasteiger partial charge in [-0.25, -0.2) is 4.79 Å².